The predicted molar refractivity (Wildman–Crippen MR) is 69.8 cm³/mol. The summed E-state index contributed by atoms with van der Waals surface area (Å²) in [6, 6.07) is 8.39. The molecule has 0 amide bonds. The van der Waals surface area contributed by atoms with Crippen LogP contribution in [0.15, 0.2) is 41.0 Å². The van der Waals surface area contributed by atoms with Gasteiger partial charge in [0.05, 0.1) is 16.4 Å². The maximum atomic E-state index is 11.1. The fourth-order valence-corrected chi connectivity index (χ4v) is 1.70. The smallest absolute Gasteiger partial charge is 0.341 e. The zero-order valence-corrected chi connectivity index (χ0v) is 10.7. The average molecular weight is 309 g/mol. The van der Waals surface area contributed by atoms with Crippen molar-refractivity contribution >= 4 is 27.6 Å². The normalized spacial score (nSPS) is 10.1. The number of hydrogen-bond donors (Lipinski definition) is 2. The van der Waals surface area contributed by atoms with Crippen molar-refractivity contribution < 1.29 is 14.6 Å². The lowest BCUT2D eigenvalue weighted by Gasteiger charge is -2.09. The van der Waals surface area contributed by atoms with Gasteiger partial charge in [0.1, 0.15) is 11.3 Å². The zero-order chi connectivity index (χ0) is 13.1. The van der Waals surface area contributed by atoms with Gasteiger partial charge in [0.25, 0.3) is 0 Å². The Hall–Kier alpha value is -2.08. The van der Waals surface area contributed by atoms with Gasteiger partial charge in [-0.2, -0.15) is 0 Å². The minimum absolute atomic E-state index is 0.00333. The molecule has 0 unspecified atom stereocenters. The molecule has 6 heteroatoms. The van der Waals surface area contributed by atoms with Crippen molar-refractivity contribution in [2.45, 2.75) is 0 Å². The Kier molecular flexibility index (Phi) is 3.47. The Morgan fingerprint density at radius 2 is 2.11 bits per heavy atom. The molecule has 0 atom stereocenters. The number of halogens is 1. The summed E-state index contributed by atoms with van der Waals surface area (Å²) in [5.41, 5.74) is 5.69. The molecular formula is C12H9BrN2O3. The van der Waals surface area contributed by atoms with Crippen LogP contribution in [0.2, 0.25) is 0 Å². The number of carboxylic acid groups (broad SMARTS) is 1. The van der Waals surface area contributed by atoms with Gasteiger partial charge < -0.3 is 15.6 Å². The van der Waals surface area contributed by atoms with Crippen molar-refractivity contribution in [2.24, 2.45) is 0 Å². The summed E-state index contributed by atoms with van der Waals surface area (Å²) in [5, 5.41) is 9.05. The quantitative estimate of drug-likeness (QED) is 0.910. The topological polar surface area (TPSA) is 85.4 Å². The van der Waals surface area contributed by atoms with Crippen LogP contribution >= 0.6 is 15.9 Å². The summed E-state index contributed by atoms with van der Waals surface area (Å²) in [4.78, 5) is 14.9. The molecule has 1 heterocycles. The Labute approximate surface area is 111 Å². The van der Waals surface area contributed by atoms with Crippen molar-refractivity contribution in [3.8, 4) is 11.6 Å². The maximum Gasteiger partial charge on any atom is 0.341 e. The van der Waals surface area contributed by atoms with E-state index in [-0.39, 0.29) is 17.1 Å². The third kappa shape index (κ3) is 2.60. The van der Waals surface area contributed by atoms with E-state index in [1.54, 1.807) is 18.2 Å². The number of carbonyl (C=O) groups is 1. The lowest BCUT2D eigenvalue weighted by Crippen LogP contribution is -2.03. The summed E-state index contributed by atoms with van der Waals surface area (Å²) >= 11 is 3.30. The van der Waals surface area contributed by atoms with Crippen LogP contribution in [0.5, 0.6) is 11.6 Å². The largest absolute Gasteiger partial charge is 0.477 e. The highest BCUT2D eigenvalue weighted by molar-refractivity contribution is 9.10. The molecular weight excluding hydrogens is 300 g/mol. The first kappa shape index (κ1) is 12.4. The van der Waals surface area contributed by atoms with Crippen LogP contribution in [0, 0.1) is 0 Å². The minimum Gasteiger partial charge on any atom is -0.477 e. The molecule has 0 aliphatic carbocycles. The van der Waals surface area contributed by atoms with E-state index in [4.69, 9.17) is 15.6 Å². The van der Waals surface area contributed by atoms with Gasteiger partial charge in [0.15, 0.2) is 0 Å². The van der Waals surface area contributed by atoms with E-state index in [1.807, 2.05) is 6.07 Å². The van der Waals surface area contributed by atoms with Gasteiger partial charge in [-0.3, -0.25) is 0 Å². The van der Waals surface area contributed by atoms with Gasteiger partial charge in [-0.25, -0.2) is 9.78 Å². The number of nitrogen functional groups attached to an aromatic ring is 1. The Morgan fingerprint density at radius 3 is 2.78 bits per heavy atom. The number of para-hydroxylation sites is 1. The zero-order valence-electron chi connectivity index (χ0n) is 9.13. The number of rotatable bonds is 3. The highest BCUT2D eigenvalue weighted by Gasteiger charge is 2.15. The molecule has 0 spiro atoms. The van der Waals surface area contributed by atoms with Gasteiger partial charge in [0.2, 0.25) is 5.88 Å². The maximum absolute atomic E-state index is 11.1. The van der Waals surface area contributed by atoms with E-state index >= 15 is 0 Å². The molecule has 1 aromatic heterocycles. The van der Waals surface area contributed by atoms with Crippen LogP contribution < -0.4 is 10.5 Å². The molecule has 0 saturated heterocycles. The van der Waals surface area contributed by atoms with Crippen LogP contribution in [0.1, 0.15) is 10.4 Å². The molecule has 0 aliphatic heterocycles. The number of ether oxygens (including phenoxy) is 1. The number of anilines is 1. The van der Waals surface area contributed by atoms with E-state index in [0.717, 1.165) is 0 Å². The number of pyridine rings is 1. The highest BCUT2D eigenvalue weighted by Crippen LogP contribution is 2.30. The fourth-order valence-electron chi connectivity index (χ4n) is 1.33. The van der Waals surface area contributed by atoms with Gasteiger partial charge in [-0.1, -0.05) is 12.1 Å². The first-order chi connectivity index (χ1) is 8.58. The van der Waals surface area contributed by atoms with Gasteiger partial charge in [-0.15, -0.1) is 0 Å². The Morgan fingerprint density at radius 1 is 1.39 bits per heavy atom. The molecule has 0 radical (unpaired) electrons. The predicted octanol–water partition coefficient (Wildman–Crippen LogP) is 2.92. The second-order valence-corrected chi connectivity index (χ2v) is 4.31. The van der Waals surface area contributed by atoms with E-state index in [1.165, 1.54) is 12.3 Å². The second kappa shape index (κ2) is 5.05. The average Bonchev–Trinajstić information content (AvgIpc) is 2.34. The van der Waals surface area contributed by atoms with Crippen LogP contribution in [-0.4, -0.2) is 16.1 Å². The minimum atomic E-state index is -1.14. The highest BCUT2D eigenvalue weighted by atomic mass is 79.9. The first-order valence-electron chi connectivity index (χ1n) is 4.99. The number of nitrogens with zero attached hydrogens (tertiary/aromatic N) is 1. The van der Waals surface area contributed by atoms with E-state index < -0.39 is 5.97 Å². The number of carboxylic acids is 1. The molecule has 2 rings (SSSR count). The van der Waals surface area contributed by atoms with Crippen molar-refractivity contribution in [2.75, 3.05) is 5.73 Å². The van der Waals surface area contributed by atoms with Crippen molar-refractivity contribution in [1.82, 2.24) is 4.98 Å². The molecule has 5 nitrogen and oxygen atoms in total. The van der Waals surface area contributed by atoms with Crippen LogP contribution in [0.25, 0.3) is 0 Å². The third-order valence-electron chi connectivity index (χ3n) is 2.15. The number of aromatic carboxylic acids is 1. The standard InChI is InChI=1S/C12H9BrN2O3/c13-9-3-1-2-4-10(9)18-11-8(12(16)17)5-7(14)6-15-11/h1-6H,14H2,(H,16,17). The van der Waals surface area contributed by atoms with Gasteiger partial charge in [0, 0.05) is 0 Å². The second-order valence-electron chi connectivity index (χ2n) is 3.46. The molecule has 0 bridgehead atoms. The molecule has 18 heavy (non-hydrogen) atoms. The fraction of sp³-hybridized carbons (Fsp3) is 0. The molecule has 1 aromatic carbocycles. The number of benzene rings is 1. The number of hydrogen-bond acceptors (Lipinski definition) is 4. The Balaban J connectivity index is 2.41. The van der Waals surface area contributed by atoms with Gasteiger partial charge >= 0.3 is 5.97 Å². The lowest BCUT2D eigenvalue weighted by atomic mass is 10.2. The summed E-state index contributed by atoms with van der Waals surface area (Å²) in [7, 11) is 0. The summed E-state index contributed by atoms with van der Waals surface area (Å²) < 4.78 is 6.17. The number of aromatic nitrogens is 1. The summed E-state index contributed by atoms with van der Waals surface area (Å²) in [6.07, 6.45) is 1.35. The van der Waals surface area contributed by atoms with E-state index in [0.29, 0.717) is 10.2 Å². The van der Waals surface area contributed by atoms with Crippen LogP contribution in [0.4, 0.5) is 5.69 Å². The van der Waals surface area contributed by atoms with Crippen LogP contribution in [-0.2, 0) is 0 Å². The van der Waals surface area contributed by atoms with Crippen LogP contribution in [0.3, 0.4) is 0 Å². The van der Waals surface area contributed by atoms with E-state index in [2.05, 4.69) is 20.9 Å². The monoisotopic (exact) mass is 308 g/mol. The molecule has 0 fully saturated rings. The van der Waals surface area contributed by atoms with Crippen molar-refractivity contribution in [1.29, 1.82) is 0 Å². The molecule has 0 saturated carbocycles. The molecule has 2 aromatic rings. The third-order valence-corrected chi connectivity index (χ3v) is 2.80. The van der Waals surface area contributed by atoms with E-state index in [9.17, 15) is 4.79 Å². The molecule has 3 N–H and O–H groups in total. The first-order valence-corrected chi connectivity index (χ1v) is 5.78. The van der Waals surface area contributed by atoms with Gasteiger partial charge in [-0.05, 0) is 34.1 Å². The SMILES string of the molecule is Nc1cnc(Oc2ccccc2Br)c(C(=O)O)c1. The molecule has 92 valence electrons. The Bertz CT molecular complexity index is 602. The summed E-state index contributed by atoms with van der Waals surface area (Å²) in [6.45, 7) is 0. The number of nitrogens with two attached hydrogens (primary N) is 1. The lowest BCUT2D eigenvalue weighted by molar-refractivity contribution is 0.0693. The summed E-state index contributed by atoms with van der Waals surface area (Å²) in [5.74, 6) is -0.655. The van der Waals surface area contributed by atoms with Crippen molar-refractivity contribution in [3.63, 3.8) is 0 Å². The van der Waals surface area contributed by atoms with Crippen molar-refractivity contribution in [3.05, 3.63) is 46.6 Å². The molecule has 0 aliphatic rings.